The Bertz CT molecular complexity index is 202. The molecule has 0 aliphatic rings. The number of hydrogen-bond acceptors (Lipinski definition) is 2. The molecular formula is C8H12O3S. The van der Waals surface area contributed by atoms with Crippen LogP contribution in [0.1, 0.15) is 19.1 Å². The predicted octanol–water partition coefficient (Wildman–Crippen LogP) is 2.83. The molecule has 0 aromatic carbocycles. The second-order valence-corrected chi connectivity index (χ2v) is 2.49. The molecule has 1 heterocycles. The zero-order valence-corrected chi connectivity index (χ0v) is 7.75. The Hall–Kier alpha value is -0.900. The molecule has 68 valence electrons. The molecule has 1 aromatic heterocycles. The average Bonchev–Trinajstić information content (AvgIpc) is 2.39. The lowest BCUT2D eigenvalue weighted by Gasteiger charge is -1.85. The van der Waals surface area contributed by atoms with Crippen molar-refractivity contribution in [2.24, 2.45) is 0 Å². The third kappa shape index (κ3) is 7.21. The van der Waals surface area contributed by atoms with Gasteiger partial charge in [0, 0.05) is 6.42 Å². The molecule has 0 atom stereocenters. The SMILES string of the molecule is CCCc1ccco1.O=C(O)S. The summed E-state index contributed by atoms with van der Waals surface area (Å²) in [6.07, 6.45) is 3.94. The number of thiol groups is 1. The predicted molar refractivity (Wildman–Crippen MR) is 49.7 cm³/mol. The summed E-state index contributed by atoms with van der Waals surface area (Å²) in [6, 6.07) is 3.93. The van der Waals surface area contributed by atoms with Crippen LogP contribution in [0.15, 0.2) is 22.8 Å². The van der Waals surface area contributed by atoms with E-state index in [1.165, 1.54) is 0 Å². The van der Waals surface area contributed by atoms with Crippen molar-refractivity contribution in [2.75, 3.05) is 0 Å². The van der Waals surface area contributed by atoms with Crippen LogP contribution in [0.4, 0.5) is 4.79 Å². The highest BCUT2D eigenvalue weighted by Crippen LogP contribution is 2.01. The molecule has 1 aromatic rings. The quantitative estimate of drug-likeness (QED) is 0.701. The summed E-state index contributed by atoms with van der Waals surface area (Å²) in [4.78, 5) is 8.86. The molecule has 0 spiro atoms. The van der Waals surface area contributed by atoms with Crippen LogP contribution in [-0.2, 0) is 6.42 Å². The van der Waals surface area contributed by atoms with Gasteiger partial charge in [0.1, 0.15) is 5.76 Å². The Kier molecular flexibility index (Phi) is 6.28. The van der Waals surface area contributed by atoms with Gasteiger partial charge in [-0.15, -0.1) is 0 Å². The maximum Gasteiger partial charge on any atom is 0.361 e. The van der Waals surface area contributed by atoms with E-state index >= 15 is 0 Å². The second kappa shape index (κ2) is 6.79. The summed E-state index contributed by atoms with van der Waals surface area (Å²) in [5, 5.41) is 6.14. The first-order valence-electron chi connectivity index (χ1n) is 3.61. The molecule has 1 rings (SSSR count). The average molecular weight is 188 g/mol. The largest absolute Gasteiger partial charge is 0.473 e. The monoisotopic (exact) mass is 188 g/mol. The smallest absolute Gasteiger partial charge is 0.361 e. The molecule has 0 amide bonds. The van der Waals surface area contributed by atoms with E-state index in [0.717, 1.165) is 18.6 Å². The Labute approximate surface area is 76.8 Å². The van der Waals surface area contributed by atoms with Crippen LogP contribution in [0.3, 0.4) is 0 Å². The van der Waals surface area contributed by atoms with Crippen molar-refractivity contribution in [1.82, 2.24) is 0 Å². The minimum absolute atomic E-state index is 1.06. The number of carboxylic acid groups (broad SMARTS) is 1. The van der Waals surface area contributed by atoms with Crippen LogP contribution in [-0.4, -0.2) is 10.4 Å². The van der Waals surface area contributed by atoms with Crippen molar-refractivity contribution in [3.8, 4) is 0 Å². The van der Waals surface area contributed by atoms with E-state index in [-0.39, 0.29) is 0 Å². The Balaban J connectivity index is 0.000000261. The van der Waals surface area contributed by atoms with Crippen molar-refractivity contribution in [3.63, 3.8) is 0 Å². The van der Waals surface area contributed by atoms with Gasteiger partial charge in [-0.2, -0.15) is 0 Å². The van der Waals surface area contributed by atoms with E-state index < -0.39 is 5.30 Å². The summed E-state index contributed by atoms with van der Waals surface area (Å²) >= 11 is 2.88. The van der Waals surface area contributed by atoms with Gasteiger partial charge in [-0.25, -0.2) is 4.79 Å². The minimum atomic E-state index is -1.14. The fourth-order valence-corrected chi connectivity index (χ4v) is 0.701. The fourth-order valence-electron chi connectivity index (χ4n) is 0.701. The highest BCUT2D eigenvalue weighted by atomic mass is 32.1. The van der Waals surface area contributed by atoms with Gasteiger partial charge in [0.25, 0.3) is 0 Å². The van der Waals surface area contributed by atoms with Crippen molar-refractivity contribution < 1.29 is 14.3 Å². The zero-order valence-electron chi connectivity index (χ0n) is 6.86. The topological polar surface area (TPSA) is 50.4 Å². The molecule has 4 heteroatoms. The number of rotatable bonds is 2. The van der Waals surface area contributed by atoms with Gasteiger partial charge in [-0.1, -0.05) is 19.6 Å². The zero-order chi connectivity index (χ0) is 9.40. The highest BCUT2D eigenvalue weighted by molar-refractivity contribution is 7.96. The van der Waals surface area contributed by atoms with Gasteiger partial charge >= 0.3 is 5.30 Å². The van der Waals surface area contributed by atoms with Gasteiger partial charge in [0.2, 0.25) is 0 Å². The molecule has 0 fully saturated rings. The van der Waals surface area contributed by atoms with Crippen molar-refractivity contribution in [1.29, 1.82) is 0 Å². The molecule has 0 aliphatic carbocycles. The lowest BCUT2D eigenvalue weighted by Crippen LogP contribution is -1.73. The third-order valence-corrected chi connectivity index (χ3v) is 1.08. The van der Waals surface area contributed by atoms with E-state index in [1.54, 1.807) is 6.26 Å². The lowest BCUT2D eigenvalue weighted by atomic mass is 10.3. The highest BCUT2D eigenvalue weighted by Gasteiger charge is 1.88. The maximum absolute atomic E-state index is 8.86. The first-order chi connectivity index (χ1) is 5.66. The van der Waals surface area contributed by atoms with Crippen LogP contribution in [0.2, 0.25) is 0 Å². The molecule has 0 aliphatic heterocycles. The third-order valence-electron chi connectivity index (χ3n) is 1.08. The molecule has 0 radical (unpaired) electrons. The summed E-state index contributed by atoms with van der Waals surface area (Å²) < 4.78 is 5.07. The van der Waals surface area contributed by atoms with Crippen LogP contribution in [0, 0.1) is 0 Å². The first-order valence-corrected chi connectivity index (χ1v) is 4.05. The number of carbonyl (C=O) groups is 1. The van der Waals surface area contributed by atoms with Crippen molar-refractivity contribution >= 4 is 17.9 Å². The van der Waals surface area contributed by atoms with Gasteiger partial charge < -0.3 is 9.52 Å². The molecule has 1 N–H and O–H groups in total. The van der Waals surface area contributed by atoms with Crippen LogP contribution < -0.4 is 0 Å². The molecule has 3 nitrogen and oxygen atoms in total. The van der Waals surface area contributed by atoms with E-state index in [0.29, 0.717) is 0 Å². The van der Waals surface area contributed by atoms with Crippen LogP contribution >= 0.6 is 12.6 Å². The standard InChI is InChI=1S/C7H10O.CH2O2S/c1-2-4-7-5-3-6-8-7;2-1(3)4/h3,5-6H,2,4H2,1H3;4H,(H,2,3). The summed E-state index contributed by atoms with van der Waals surface area (Å²) in [7, 11) is 0. The normalized spacial score (nSPS) is 8.50. The second-order valence-electron chi connectivity index (χ2n) is 2.11. The molecule has 0 saturated carbocycles. The van der Waals surface area contributed by atoms with E-state index in [4.69, 9.17) is 14.3 Å². The van der Waals surface area contributed by atoms with E-state index in [2.05, 4.69) is 19.6 Å². The van der Waals surface area contributed by atoms with E-state index in [9.17, 15) is 0 Å². The summed E-state index contributed by atoms with van der Waals surface area (Å²) in [5.74, 6) is 1.09. The summed E-state index contributed by atoms with van der Waals surface area (Å²) in [5.41, 5.74) is 0. The molecular weight excluding hydrogens is 176 g/mol. The number of aryl methyl sites for hydroxylation is 1. The Morgan fingerprint density at radius 2 is 2.33 bits per heavy atom. The van der Waals surface area contributed by atoms with Crippen molar-refractivity contribution in [3.05, 3.63) is 24.2 Å². The molecule has 0 unspecified atom stereocenters. The summed E-state index contributed by atoms with van der Waals surface area (Å²) in [6.45, 7) is 2.14. The van der Waals surface area contributed by atoms with Gasteiger partial charge in [0.15, 0.2) is 0 Å². The minimum Gasteiger partial charge on any atom is -0.473 e. The fraction of sp³-hybridized carbons (Fsp3) is 0.375. The van der Waals surface area contributed by atoms with E-state index in [1.807, 2.05) is 12.1 Å². The van der Waals surface area contributed by atoms with Crippen LogP contribution in [0.25, 0.3) is 0 Å². The van der Waals surface area contributed by atoms with Gasteiger partial charge in [0.05, 0.1) is 6.26 Å². The molecule has 12 heavy (non-hydrogen) atoms. The maximum atomic E-state index is 8.86. The lowest BCUT2D eigenvalue weighted by molar-refractivity contribution is 0.222. The van der Waals surface area contributed by atoms with Gasteiger partial charge in [-0.3, -0.25) is 0 Å². The number of furan rings is 1. The van der Waals surface area contributed by atoms with Crippen molar-refractivity contribution in [2.45, 2.75) is 19.8 Å². The molecule has 0 saturated heterocycles. The Morgan fingerprint density at radius 1 is 1.75 bits per heavy atom. The van der Waals surface area contributed by atoms with Gasteiger partial charge in [-0.05, 0) is 18.6 Å². The number of hydrogen-bond donors (Lipinski definition) is 2. The Morgan fingerprint density at radius 3 is 2.67 bits per heavy atom. The first kappa shape index (κ1) is 11.1. The van der Waals surface area contributed by atoms with Crippen LogP contribution in [0.5, 0.6) is 0 Å². The molecule has 0 bridgehead atoms.